The number of hydrogen-bond donors (Lipinski definition) is 1. The van der Waals surface area contributed by atoms with Crippen LogP contribution in [0.5, 0.6) is 11.6 Å². The second-order valence-electron chi connectivity index (χ2n) is 10.7. The number of likely N-dealkylation sites (tertiary alicyclic amines) is 1. The van der Waals surface area contributed by atoms with Crippen molar-refractivity contribution in [3.63, 3.8) is 0 Å². The summed E-state index contributed by atoms with van der Waals surface area (Å²) in [6.45, 7) is 3.12. The SMILES string of the molecule is N#Cc1ccc(OCc2cccc(OC3CCN(Cc4nc5c(F)cc(C(=O)O)cc5n4CC4CCO4)CC3)n2)c(F)c1. The summed E-state index contributed by atoms with van der Waals surface area (Å²) in [7, 11) is 0. The van der Waals surface area contributed by atoms with Gasteiger partial charge in [-0.2, -0.15) is 5.26 Å². The molecule has 4 aromatic rings. The molecule has 1 atom stereocenters. The molecule has 4 heterocycles. The molecule has 0 spiro atoms. The molecule has 1 unspecified atom stereocenters. The predicted molar refractivity (Wildman–Crippen MR) is 150 cm³/mol. The minimum atomic E-state index is -1.19. The van der Waals surface area contributed by atoms with E-state index in [1.165, 1.54) is 18.2 Å². The minimum absolute atomic E-state index is 0.0105. The molecule has 2 aromatic heterocycles. The second kappa shape index (κ2) is 12.3. The maximum atomic E-state index is 14.8. The molecule has 0 aliphatic carbocycles. The zero-order chi connectivity index (χ0) is 29.9. The number of imidazole rings is 1. The van der Waals surface area contributed by atoms with Crippen molar-refractivity contribution in [3.05, 3.63) is 82.8 Å². The number of aromatic nitrogens is 3. The first kappa shape index (κ1) is 28.5. The smallest absolute Gasteiger partial charge is 0.335 e. The average molecular weight is 590 g/mol. The monoisotopic (exact) mass is 589 g/mol. The number of hydrogen-bond acceptors (Lipinski definition) is 8. The number of aromatic carboxylic acids is 1. The lowest BCUT2D eigenvalue weighted by atomic mass is 10.1. The molecule has 10 nitrogen and oxygen atoms in total. The van der Waals surface area contributed by atoms with Crippen molar-refractivity contribution < 1.29 is 32.9 Å². The number of nitriles is 1. The number of benzene rings is 2. The van der Waals surface area contributed by atoms with Gasteiger partial charge in [-0.1, -0.05) is 6.07 Å². The molecule has 6 rings (SSSR count). The van der Waals surface area contributed by atoms with E-state index in [2.05, 4.69) is 14.9 Å². The number of carbonyl (C=O) groups is 1. The Morgan fingerprint density at radius 1 is 1.09 bits per heavy atom. The highest BCUT2D eigenvalue weighted by Gasteiger charge is 2.27. The average Bonchev–Trinajstić information content (AvgIpc) is 3.32. The zero-order valence-corrected chi connectivity index (χ0v) is 23.2. The molecule has 12 heteroatoms. The number of carboxylic acids is 1. The summed E-state index contributed by atoms with van der Waals surface area (Å²) in [4.78, 5) is 22.8. The Morgan fingerprint density at radius 3 is 2.60 bits per heavy atom. The van der Waals surface area contributed by atoms with E-state index in [0.29, 0.717) is 42.6 Å². The van der Waals surface area contributed by atoms with Crippen LogP contribution in [0.15, 0.2) is 48.5 Å². The van der Waals surface area contributed by atoms with Crippen LogP contribution in [0.1, 0.15) is 46.7 Å². The summed E-state index contributed by atoms with van der Waals surface area (Å²) < 4.78 is 48.2. The molecule has 2 aliphatic rings. The van der Waals surface area contributed by atoms with Crippen molar-refractivity contribution in [2.24, 2.45) is 0 Å². The first-order chi connectivity index (χ1) is 20.9. The summed E-state index contributed by atoms with van der Waals surface area (Å²) in [5, 5.41) is 18.3. The summed E-state index contributed by atoms with van der Waals surface area (Å²) in [6.07, 6.45) is 2.29. The van der Waals surface area contributed by atoms with Crippen molar-refractivity contribution in [1.82, 2.24) is 19.4 Å². The number of carboxylic acid groups (broad SMARTS) is 1. The number of rotatable bonds is 10. The molecule has 2 fully saturated rings. The van der Waals surface area contributed by atoms with Gasteiger partial charge in [-0.3, -0.25) is 4.90 Å². The number of piperidine rings is 1. The molecular formula is C31H29F2N5O5. The summed E-state index contributed by atoms with van der Waals surface area (Å²) >= 11 is 0. The Bertz CT molecular complexity index is 1690. The first-order valence-corrected chi connectivity index (χ1v) is 14.1. The summed E-state index contributed by atoms with van der Waals surface area (Å²) in [5.41, 5.74) is 1.30. The molecule has 1 N–H and O–H groups in total. The number of halogens is 2. The number of ether oxygens (including phenoxy) is 3. The van der Waals surface area contributed by atoms with Crippen LogP contribution in [0.25, 0.3) is 11.0 Å². The third-order valence-electron chi connectivity index (χ3n) is 7.72. The largest absolute Gasteiger partial charge is 0.484 e. The lowest BCUT2D eigenvalue weighted by molar-refractivity contribution is -0.0592. The van der Waals surface area contributed by atoms with E-state index >= 15 is 0 Å². The third-order valence-corrected chi connectivity index (χ3v) is 7.72. The Kier molecular flexibility index (Phi) is 8.18. The lowest BCUT2D eigenvalue weighted by Gasteiger charge is -2.32. The van der Waals surface area contributed by atoms with E-state index in [9.17, 15) is 18.7 Å². The van der Waals surface area contributed by atoms with Crippen LogP contribution in [0.3, 0.4) is 0 Å². The molecule has 0 saturated carbocycles. The van der Waals surface area contributed by atoms with Gasteiger partial charge in [0.25, 0.3) is 0 Å². The van der Waals surface area contributed by atoms with Crippen molar-refractivity contribution >= 4 is 17.0 Å². The topological polar surface area (TPSA) is 123 Å². The van der Waals surface area contributed by atoms with Gasteiger partial charge in [0.2, 0.25) is 5.88 Å². The molecule has 0 bridgehead atoms. The fourth-order valence-electron chi connectivity index (χ4n) is 5.31. The van der Waals surface area contributed by atoms with Gasteiger partial charge in [0.15, 0.2) is 17.4 Å². The number of fused-ring (bicyclic) bond motifs is 1. The van der Waals surface area contributed by atoms with Crippen molar-refractivity contribution in [3.8, 4) is 17.7 Å². The Morgan fingerprint density at radius 2 is 1.91 bits per heavy atom. The highest BCUT2D eigenvalue weighted by atomic mass is 19.1. The fourth-order valence-corrected chi connectivity index (χ4v) is 5.31. The van der Waals surface area contributed by atoms with E-state index in [-0.39, 0.29) is 41.2 Å². The van der Waals surface area contributed by atoms with Crippen LogP contribution in [0, 0.1) is 23.0 Å². The van der Waals surface area contributed by atoms with Crippen molar-refractivity contribution in [2.75, 3.05) is 19.7 Å². The number of nitrogens with zero attached hydrogens (tertiary/aromatic N) is 5. The third kappa shape index (κ3) is 6.43. The quantitative estimate of drug-likeness (QED) is 0.281. The van der Waals surface area contributed by atoms with Gasteiger partial charge < -0.3 is 23.9 Å². The molecule has 2 saturated heterocycles. The highest BCUT2D eigenvalue weighted by molar-refractivity contribution is 5.92. The lowest BCUT2D eigenvalue weighted by Crippen LogP contribution is -2.39. The van der Waals surface area contributed by atoms with Crippen molar-refractivity contribution in [2.45, 2.75) is 51.2 Å². The Hall–Kier alpha value is -4.60. The van der Waals surface area contributed by atoms with Crippen LogP contribution in [0.2, 0.25) is 0 Å². The van der Waals surface area contributed by atoms with Gasteiger partial charge in [0.1, 0.15) is 24.1 Å². The van der Waals surface area contributed by atoms with Gasteiger partial charge in [0.05, 0.1) is 47.6 Å². The van der Waals surface area contributed by atoms with Crippen LogP contribution in [-0.4, -0.2) is 62.4 Å². The van der Waals surface area contributed by atoms with Crippen LogP contribution < -0.4 is 9.47 Å². The van der Waals surface area contributed by atoms with Crippen LogP contribution in [0.4, 0.5) is 8.78 Å². The standard InChI is InChI=1S/C31H29F2N5O5/c32-24-12-19(15-34)4-5-27(24)42-18-21-2-1-3-29(35-21)43-22-6-9-37(10-7-22)17-28-36-30-25(33)13-20(31(39)40)14-26(30)38(28)16-23-8-11-41-23/h1-5,12-14,22-23H,6-11,16-18H2,(H,39,40). The molecular weight excluding hydrogens is 560 g/mol. The molecule has 0 radical (unpaired) electrons. The molecule has 2 aromatic carbocycles. The Balaban J connectivity index is 1.07. The van der Waals surface area contributed by atoms with Gasteiger partial charge in [-0.05, 0) is 55.7 Å². The number of pyridine rings is 1. The van der Waals surface area contributed by atoms with Crippen LogP contribution >= 0.6 is 0 Å². The van der Waals surface area contributed by atoms with E-state index in [1.54, 1.807) is 18.2 Å². The van der Waals surface area contributed by atoms with Gasteiger partial charge >= 0.3 is 5.97 Å². The maximum Gasteiger partial charge on any atom is 0.335 e. The van der Waals surface area contributed by atoms with E-state index in [0.717, 1.165) is 44.5 Å². The first-order valence-electron chi connectivity index (χ1n) is 14.1. The molecule has 43 heavy (non-hydrogen) atoms. The predicted octanol–water partition coefficient (Wildman–Crippen LogP) is 4.69. The Labute approximate surface area is 246 Å². The van der Waals surface area contributed by atoms with Gasteiger partial charge in [-0.15, -0.1) is 0 Å². The van der Waals surface area contributed by atoms with Crippen LogP contribution in [-0.2, 0) is 24.4 Å². The maximum absolute atomic E-state index is 14.8. The van der Waals surface area contributed by atoms with E-state index < -0.39 is 17.6 Å². The molecule has 222 valence electrons. The highest BCUT2D eigenvalue weighted by Crippen LogP contribution is 2.27. The van der Waals surface area contributed by atoms with E-state index in [4.69, 9.17) is 19.5 Å². The van der Waals surface area contributed by atoms with E-state index in [1.807, 2.05) is 10.6 Å². The van der Waals surface area contributed by atoms with Crippen molar-refractivity contribution in [1.29, 1.82) is 5.26 Å². The van der Waals surface area contributed by atoms with Gasteiger partial charge in [0, 0.05) is 25.8 Å². The fraction of sp³-hybridized carbons (Fsp3) is 0.355. The minimum Gasteiger partial charge on any atom is -0.484 e. The molecule has 2 aliphatic heterocycles. The summed E-state index contributed by atoms with van der Waals surface area (Å²) in [5.74, 6) is -1.30. The zero-order valence-electron chi connectivity index (χ0n) is 23.2. The summed E-state index contributed by atoms with van der Waals surface area (Å²) in [6, 6.07) is 13.7. The van der Waals surface area contributed by atoms with Gasteiger partial charge in [-0.25, -0.2) is 23.5 Å². The normalized spacial score (nSPS) is 17.4. The second-order valence-corrected chi connectivity index (χ2v) is 10.7. The molecule has 0 amide bonds.